The van der Waals surface area contributed by atoms with Gasteiger partial charge in [0.25, 0.3) is 0 Å². The minimum absolute atomic E-state index is 0.111. The molecular weight excluding hydrogens is 554 g/mol. The second-order valence-electron chi connectivity index (χ2n) is 10.0. The van der Waals surface area contributed by atoms with Gasteiger partial charge in [0.2, 0.25) is 5.91 Å². The molecule has 3 N–H and O–H groups in total. The summed E-state index contributed by atoms with van der Waals surface area (Å²) in [6, 6.07) is 19.5. The number of carboxylic acids is 1. The van der Waals surface area contributed by atoms with E-state index in [0.717, 1.165) is 41.8 Å². The van der Waals surface area contributed by atoms with Gasteiger partial charge in [0.1, 0.15) is 17.3 Å². The highest BCUT2D eigenvalue weighted by Gasteiger charge is 2.22. The fourth-order valence-electron chi connectivity index (χ4n) is 4.59. The molecule has 1 unspecified atom stereocenters. The molecule has 1 amide bonds. The summed E-state index contributed by atoms with van der Waals surface area (Å²) in [6.07, 6.45) is 5.61. The van der Waals surface area contributed by atoms with E-state index in [4.69, 9.17) is 21.1 Å². The van der Waals surface area contributed by atoms with Crippen molar-refractivity contribution in [3.8, 4) is 22.8 Å². The third-order valence-corrected chi connectivity index (χ3v) is 7.19. The minimum atomic E-state index is -1.04. The molecule has 1 aromatic heterocycles. The Labute approximate surface area is 251 Å². The van der Waals surface area contributed by atoms with Crippen LogP contribution in [-0.2, 0) is 17.6 Å². The van der Waals surface area contributed by atoms with Crippen molar-refractivity contribution in [2.75, 3.05) is 13.7 Å². The molecule has 9 heteroatoms. The molecule has 3 aromatic carbocycles. The van der Waals surface area contributed by atoms with Gasteiger partial charge in [-0.2, -0.15) is 0 Å². The highest BCUT2D eigenvalue weighted by Crippen LogP contribution is 2.30. The Morgan fingerprint density at radius 1 is 1.05 bits per heavy atom. The lowest BCUT2D eigenvalue weighted by Crippen LogP contribution is -2.30. The first-order chi connectivity index (χ1) is 20.4. The Bertz CT molecular complexity index is 1470. The Morgan fingerprint density at radius 2 is 1.81 bits per heavy atom. The maximum atomic E-state index is 13.2. The molecule has 1 heterocycles. The molecule has 42 heavy (non-hydrogen) atoms. The number of rotatable bonds is 15. The SMILES string of the molecule is CCCCOc1cc(C(=O)O)ccc1C(Cc1ncc(-c2ccc(Cl)cc2)[nH]1)NC(=O)CCCc1ccc(OC)cc1. The van der Waals surface area contributed by atoms with Crippen molar-refractivity contribution in [3.63, 3.8) is 0 Å². The molecule has 0 aliphatic rings. The fraction of sp³-hybridized carbons (Fsp3) is 0.303. The number of imidazole rings is 1. The van der Waals surface area contributed by atoms with Crippen LogP contribution in [0, 0.1) is 0 Å². The van der Waals surface area contributed by atoms with Crippen LogP contribution in [0.15, 0.2) is 72.9 Å². The molecule has 0 saturated heterocycles. The van der Waals surface area contributed by atoms with Crippen molar-refractivity contribution in [1.29, 1.82) is 0 Å². The van der Waals surface area contributed by atoms with Crippen LogP contribution < -0.4 is 14.8 Å². The number of hydrogen-bond acceptors (Lipinski definition) is 5. The number of aromatic nitrogens is 2. The van der Waals surface area contributed by atoms with Gasteiger partial charge in [0.05, 0.1) is 37.2 Å². The standard InChI is InChI=1S/C33H36ClN3O5/c1-3-4-18-42-30-19-24(33(39)40)12-17-27(30)28(20-31-35-21-29(36-31)23-10-13-25(34)14-11-23)37-32(38)7-5-6-22-8-15-26(41-2)16-9-22/h8-17,19,21,28H,3-7,18,20H2,1-2H3,(H,35,36)(H,37,38)(H,39,40). The van der Waals surface area contributed by atoms with Gasteiger partial charge < -0.3 is 24.9 Å². The van der Waals surface area contributed by atoms with Crippen molar-refractivity contribution >= 4 is 23.5 Å². The monoisotopic (exact) mass is 589 g/mol. The molecule has 0 bridgehead atoms. The van der Waals surface area contributed by atoms with Crippen molar-refractivity contribution < 1.29 is 24.2 Å². The molecule has 0 fully saturated rings. The first kappa shape index (κ1) is 30.7. The van der Waals surface area contributed by atoms with Crippen LogP contribution in [0.2, 0.25) is 5.02 Å². The van der Waals surface area contributed by atoms with Crippen LogP contribution in [0.25, 0.3) is 11.3 Å². The molecule has 1 atom stereocenters. The number of aromatic carboxylic acids is 1. The van der Waals surface area contributed by atoms with Crippen LogP contribution in [0.4, 0.5) is 0 Å². The summed E-state index contributed by atoms with van der Waals surface area (Å²) >= 11 is 6.04. The molecule has 4 aromatic rings. The number of nitrogens with zero attached hydrogens (tertiary/aromatic N) is 1. The molecule has 0 radical (unpaired) electrons. The van der Waals surface area contributed by atoms with E-state index in [2.05, 4.69) is 22.2 Å². The highest BCUT2D eigenvalue weighted by molar-refractivity contribution is 6.30. The second kappa shape index (κ2) is 15.1. The van der Waals surface area contributed by atoms with E-state index in [-0.39, 0.29) is 11.5 Å². The van der Waals surface area contributed by atoms with E-state index < -0.39 is 12.0 Å². The summed E-state index contributed by atoms with van der Waals surface area (Å²) in [7, 11) is 1.63. The zero-order valence-corrected chi connectivity index (χ0v) is 24.6. The largest absolute Gasteiger partial charge is 0.497 e. The third-order valence-electron chi connectivity index (χ3n) is 6.94. The van der Waals surface area contributed by atoms with Gasteiger partial charge in [0.15, 0.2) is 0 Å². The van der Waals surface area contributed by atoms with Gasteiger partial charge in [0, 0.05) is 23.4 Å². The van der Waals surface area contributed by atoms with Crippen LogP contribution in [0.1, 0.15) is 66.0 Å². The zero-order chi connectivity index (χ0) is 29.9. The first-order valence-electron chi connectivity index (χ1n) is 14.1. The fourth-order valence-corrected chi connectivity index (χ4v) is 4.72. The van der Waals surface area contributed by atoms with Crippen LogP contribution >= 0.6 is 11.6 Å². The number of methoxy groups -OCH3 is 1. The van der Waals surface area contributed by atoms with Gasteiger partial charge in [-0.1, -0.05) is 55.3 Å². The van der Waals surface area contributed by atoms with Gasteiger partial charge >= 0.3 is 5.97 Å². The van der Waals surface area contributed by atoms with E-state index in [1.54, 1.807) is 19.4 Å². The second-order valence-corrected chi connectivity index (χ2v) is 10.5. The lowest BCUT2D eigenvalue weighted by molar-refractivity contribution is -0.121. The van der Waals surface area contributed by atoms with Crippen molar-refractivity contribution in [1.82, 2.24) is 15.3 Å². The van der Waals surface area contributed by atoms with Gasteiger partial charge in [-0.05, 0) is 66.8 Å². The molecule has 0 saturated carbocycles. The van der Waals surface area contributed by atoms with Gasteiger partial charge in [-0.15, -0.1) is 0 Å². The predicted octanol–water partition coefficient (Wildman–Crippen LogP) is 7.04. The average molecular weight is 590 g/mol. The number of ether oxygens (including phenoxy) is 2. The summed E-state index contributed by atoms with van der Waals surface area (Å²) in [5.41, 5.74) is 3.71. The average Bonchev–Trinajstić information content (AvgIpc) is 3.46. The molecule has 0 aliphatic heterocycles. The number of halogens is 1. The summed E-state index contributed by atoms with van der Waals surface area (Å²) in [5, 5.41) is 13.4. The number of benzene rings is 3. The van der Waals surface area contributed by atoms with E-state index in [1.165, 1.54) is 12.1 Å². The van der Waals surface area contributed by atoms with Gasteiger partial charge in [-0.3, -0.25) is 4.79 Å². The summed E-state index contributed by atoms with van der Waals surface area (Å²) in [4.78, 5) is 32.8. The first-order valence-corrected chi connectivity index (χ1v) is 14.5. The van der Waals surface area contributed by atoms with Crippen molar-refractivity contribution in [2.45, 2.75) is 51.5 Å². The smallest absolute Gasteiger partial charge is 0.335 e. The molecule has 0 spiro atoms. The molecule has 0 aliphatic carbocycles. The van der Waals surface area contributed by atoms with Crippen LogP contribution in [-0.4, -0.2) is 40.7 Å². The number of carbonyl (C=O) groups is 2. The molecule has 8 nitrogen and oxygen atoms in total. The number of aryl methyl sites for hydroxylation is 1. The summed E-state index contributed by atoms with van der Waals surface area (Å²) < 4.78 is 11.3. The molecular formula is C33H36ClN3O5. The Balaban J connectivity index is 1.54. The maximum Gasteiger partial charge on any atom is 0.335 e. The van der Waals surface area contributed by atoms with Gasteiger partial charge in [-0.25, -0.2) is 9.78 Å². The number of H-pyrrole nitrogens is 1. The number of aromatic amines is 1. The third kappa shape index (κ3) is 8.60. The summed E-state index contributed by atoms with van der Waals surface area (Å²) in [5.74, 6) is 0.753. The van der Waals surface area contributed by atoms with E-state index in [1.807, 2.05) is 48.5 Å². The number of unbranched alkanes of at least 4 members (excludes halogenated alkanes) is 1. The Hall–Kier alpha value is -4.30. The molecule has 4 rings (SSSR count). The Morgan fingerprint density at radius 3 is 2.50 bits per heavy atom. The van der Waals surface area contributed by atoms with Crippen molar-refractivity contribution in [2.24, 2.45) is 0 Å². The highest BCUT2D eigenvalue weighted by atomic mass is 35.5. The number of carboxylic acid groups (broad SMARTS) is 1. The lowest BCUT2D eigenvalue weighted by atomic mass is 9.99. The van der Waals surface area contributed by atoms with E-state index >= 15 is 0 Å². The van der Waals surface area contributed by atoms with Crippen LogP contribution in [0.5, 0.6) is 11.5 Å². The van der Waals surface area contributed by atoms with Crippen LogP contribution in [0.3, 0.4) is 0 Å². The van der Waals surface area contributed by atoms with Crippen molar-refractivity contribution in [3.05, 3.63) is 100 Å². The maximum absolute atomic E-state index is 13.2. The number of hydrogen-bond donors (Lipinski definition) is 3. The number of amides is 1. The summed E-state index contributed by atoms with van der Waals surface area (Å²) in [6.45, 7) is 2.50. The number of nitrogens with one attached hydrogen (secondary N) is 2. The topological polar surface area (TPSA) is 114 Å². The van der Waals surface area contributed by atoms with E-state index in [0.29, 0.717) is 48.0 Å². The number of carbonyl (C=O) groups excluding carboxylic acids is 1. The normalized spacial score (nSPS) is 11.6. The Kier molecular flexibility index (Phi) is 11.0. The predicted molar refractivity (Wildman–Crippen MR) is 163 cm³/mol. The zero-order valence-electron chi connectivity index (χ0n) is 23.9. The molecule has 220 valence electrons. The minimum Gasteiger partial charge on any atom is -0.497 e. The van der Waals surface area contributed by atoms with E-state index in [9.17, 15) is 14.7 Å². The quantitative estimate of drug-likeness (QED) is 0.128. The lowest BCUT2D eigenvalue weighted by Gasteiger charge is -2.22.